The molecule has 0 aliphatic heterocycles. The Kier molecular flexibility index (Phi) is 3.58. The summed E-state index contributed by atoms with van der Waals surface area (Å²) < 4.78 is 13.2. The van der Waals surface area contributed by atoms with Gasteiger partial charge in [0.25, 0.3) is 0 Å². The summed E-state index contributed by atoms with van der Waals surface area (Å²) in [5.74, 6) is 2.99. The second kappa shape index (κ2) is 4.91. The van der Waals surface area contributed by atoms with Crippen molar-refractivity contribution in [1.82, 2.24) is 0 Å². The smallest absolute Gasteiger partial charge is 0.315 e. The predicted molar refractivity (Wildman–Crippen MR) is 50.9 cm³/mol. The minimum absolute atomic E-state index is 0.0850. The Balaban J connectivity index is 2.90. The highest BCUT2D eigenvalue weighted by Gasteiger charge is 2.00. The van der Waals surface area contributed by atoms with Crippen molar-refractivity contribution in [3.8, 4) is 11.8 Å². The van der Waals surface area contributed by atoms with Gasteiger partial charge in [0.2, 0.25) is 0 Å². The number of benzene rings is 1. The number of aldehydes is 1. The van der Waals surface area contributed by atoms with Crippen molar-refractivity contribution in [2.24, 2.45) is 0 Å². The fourth-order valence-electron chi connectivity index (χ4n) is 0.921. The Morgan fingerprint density at radius 2 is 2.27 bits per heavy atom. The van der Waals surface area contributed by atoms with E-state index in [1.165, 1.54) is 12.1 Å². The second-order valence-electron chi connectivity index (χ2n) is 2.73. The number of halogens is 1. The molecule has 0 spiro atoms. The number of rotatable bonds is 2. The Morgan fingerprint density at radius 1 is 1.53 bits per heavy atom. The number of carboxylic acid groups (broad SMARTS) is 1. The van der Waals surface area contributed by atoms with E-state index >= 15 is 0 Å². The Labute approximate surface area is 85.5 Å². The molecular formula is C11H7FO3. The van der Waals surface area contributed by atoms with E-state index < -0.39 is 11.8 Å². The lowest BCUT2D eigenvalue weighted by atomic mass is 10.1. The van der Waals surface area contributed by atoms with Gasteiger partial charge in [0.05, 0.1) is 5.56 Å². The van der Waals surface area contributed by atoms with Crippen LogP contribution < -0.4 is 0 Å². The van der Waals surface area contributed by atoms with Crippen molar-refractivity contribution in [3.05, 3.63) is 35.1 Å². The fraction of sp³-hybridized carbons (Fsp3) is 0.0909. The zero-order valence-corrected chi connectivity index (χ0v) is 7.66. The molecule has 15 heavy (non-hydrogen) atoms. The highest BCUT2D eigenvalue weighted by Crippen LogP contribution is 2.07. The van der Waals surface area contributed by atoms with Gasteiger partial charge >= 0.3 is 5.97 Å². The van der Waals surface area contributed by atoms with Crippen LogP contribution in [-0.2, 0) is 4.79 Å². The monoisotopic (exact) mass is 206 g/mol. The summed E-state index contributed by atoms with van der Waals surface area (Å²) in [5, 5.41) is 8.30. The average Bonchev–Trinajstić information content (AvgIpc) is 2.20. The van der Waals surface area contributed by atoms with Crippen LogP contribution in [0.15, 0.2) is 18.2 Å². The Hall–Kier alpha value is -2.15. The van der Waals surface area contributed by atoms with Gasteiger partial charge in [0, 0.05) is 5.56 Å². The lowest BCUT2D eigenvalue weighted by Crippen LogP contribution is -1.91. The molecule has 0 aliphatic rings. The molecule has 0 fully saturated rings. The Bertz CT molecular complexity index is 455. The van der Waals surface area contributed by atoms with E-state index in [0.717, 1.165) is 6.07 Å². The van der Waals surface area contributed by atoms with Gasteiger partial charge in [-0.1, -0.05) is 17.9 Å². The van der Waals surface area contributed by atoms with Gasteiger partial charge in [0.15, 0.2) is 0 Å². The maximum absolute atomic E-state index is 13.2. The van der Waals surface area contributed by atoms with Crippen LogP contribution in [0.4, 0.5) is 4.39 Å². The molecular weight excluding hydrogens is 199 g/mol. The van der Waals surface area contributed by atoms with Gasteiger partial charge in [-0.25, -0.2) is 4.39 Å². The molecule has 0 aliphatic carbocycles. The minimum Gasteiger partial charge on any atom is -0.481 e. The number of aliphatic carboxylic acids is 1. The molecule has 0 saturated carbocycles. The van der Waals surface area contributed by atoms with Gasteiger partial charge < -0.3 is 5.11 Å². The molecule has 1 N–H and O–H groups in total. The summed E-state index contributed by atoms with van der Waals surface area (Å²) in [6.45, 7) is 0. The number of carbonyl (C=O) groups excluding carboxylic acids is 1. The molecule has 0 amide bonds. The van der Waals surface area contributed by atoms with Crippen LogP contribution in [-0.4, -0.2) is 17.4 Å². The summed E-state index contributed by atoms with van der Waals surface area (Å²) in [7, 11) is 0. The first-order chi connectivity index (χ1) is 7.13. The van der Waals surface area contributed by atoms with Gasteiger partial charge in [0.1, 0.15) is 18.5 Å². The summed E-state index contributed by atoms with van der Waals surface area (Å²) in [6.07, 6.45) is 0.187. The van der Waals surface area contributed by atoms with Crippen LogP contribution in [0.3, 0.4) is 0 Å². The van der Waals surface area contributed by atoms with Crippen molar-refractivity contribution in [1.29, 1.82) is 0 Å². The van der Waals surface area contributed by atoms with Gasteiger partial charge in [-0.05, 0) is 12.1 Å². The number of carboxylic acids is 1. The summed E-state index contributed by atoms with van der Waals surface area (Å²) >= 11 is 0. The first kappa shape index (κ1) is 10.9. The minimum atomic E-state index is -1.06. The molecule has 1 aromatic carbocycles. The van der Waals surface area contributed by atoms with Crippen LogP contribution in [0.25, 0.3) is 0 Å². The SMILES string of the molecule is O=Cc1ccc(C#CCC(=O)O)c(F)c1. The predicted octanol–water partition coefficient (Wildman–Crippen LogP) is 1.46. The molecule has 0 radical (unpaired) electrons. The zero-order chi connectivity index (χ0) is 11.3. The van der Waals surface area contributed by atoms with E-state index in [1.807, 2.05) is 0 Å². The lowest BCUT2D eigenvalue weighted by Gasteiger charge is -1.94. The number of carbonyl (C=O) groups is 2. The quantitative estimate of drug-likeness (QED) is 0.588. The Morgan fingerprint density at radius 3 is 2.80 bits per heavy atom. The normalized spacial score (nSPS) is 8.87. The average molecular weight is 206 g/mol. The lowest BCUT2D eigenvalue weighted by molar-refractivity contribution is -0.135. The first-order valence-electron chi connectivity index (χ1n) is 4.09. The van der Waals surface area contributed by atoms with E-state index in [9.17, 15) is 14.0 Å². The van der Waals surface area contributed by atoms with Gasteiger partial charge in [-0.15, -0.1) is 0 Å². The van der Waals surface area contributed by atoms with E-state index in [1.54, 1.807) is 0 Å². The highest BCUT2D eigenvalue weighted by atomic mass is 19.1. The van der Waals surface area contributed by atoms with E-state index in [-0.39, 0.29) is 17.5 Å². The van der Waals surface area contributed by atoms with Crippen molar-refractivity contribution in [2.75, 3.05) is 0 Å². The zero-order valence-electron chi connectivity index (χ0n) is 7.66. The maximum atomic E-state index is 13.2. The summed E-state index contributed by atoms with van der Waals surface area (Å²) in [6, 6.07) is 3.81. The third kappa shape index (κ3) is 3.24. The molecule has 1 aromatic rings. The molecule has 1 rings (SSSR count). The number of hydrogen-bond donors (Lipinski definition) is 1. The van der Waals surface area contributed by atoms with Crippen LogP contribution >= 0.6 is 0 Å². The fourth-order valence-corrected chi connectivity index (χ4v) is 0.921. The summed E-state index contributed by atoms with van der Waals surface area (Å²) in [4.78, 5) is 20.4. The van der Waals surface area contributed by atoms with E-state index in [0.29, 0.717) is 6.29 Å². The molecule has 0 aromatic heterocycles. The van der Waals surface area contributed by atoms with Crippen LogP contribution in [0, 0.1) is 17.7 Å². The van der Waals surface area contributed by atoms with Crippen LogP contribution in [0.5, 0.6) is 0 Å². The molecule has 0 atom stereocenters. The maximum Gasteiger partial charge on any atom is 0.315 e. The standard InChI is InChI=1S/C11H7FO3/c12-10-6-8(7-13)4-5-9(10)2-1-3-11(14)15/h4-7H,3H2,(H,14,15). The number of hydrogen-bond acceptors (Lipinski definition) is 2. The van der Waals surface area contributed by atoms with Crippen molar-refractivity contribution < 1.29 is 19.1 Å². The third-order valence-corrected chi connectivity index (χ3v) is 1.59. The van der Waals surface area contributed by atoms with Crippen LogP contribution in [0.2, 0.25) is 0 Å². The van der Waals surface area contributed by atoms with Gasteiger partial charge in [-0.3, -0.25) is 9.59 Å². The third-order valence-electron chi connectivity index (χ3n) is 1.59. The summed E-state index contributed by atoms with van der Waals surface area (Å²) in [5.41, 5.74) is 0.304. The topological polar surface area (TPSA) is 54.4 Å². The van der Waals surface area contributed by atoms with Crippen LogP contribution in [0.1, 0.15) is 22.3 Å². The molecule has 76 valence electrons. The van der Waals surface area contributed by atoms with Gasteiger partial charge in [-0.2, -0.15) is 0 Å². The molecule has 3 nitrogen and oxygen atoms in total. The van der Waals surface area contributed by atoms with Crippen molar-refractivity contribution >= 4 is 12.3 Å². The van der Waals surface area contributed by atoms with Crippen molar-refractivity contribution in [2.45, 2.75) is 6.42 Å². The first-order valence-corrected chi connectivity index (χ1v) is 4.09. The molecule has 0 unspecified atom stereocenters. The van der Waals surface area contributed by atoms with E-state index in [4.69, 9.17) is 5.11 Å². The molecule has 0 saturated heterocycles. The second-order valence-corrected chi connectivity index (χ2v) is 2.73. The highest BCUT2D eigenvalue weighted by molar-refractivity contribution is 5.75. The molecule has 0 bridgehead atoms. The molecule has 4 heteroatoms. The van der Waals surface area contributed by atoms with E-state index in [2.05, 4.69) is 11.8 Å². The van der Waals surface area contributed by atoms with Crippen molar-refractivity contribution in [3.63, 3.8) is 0 Å². The molecule has 0 heterocycles. The largest absolute Gasteiger partial charge is 0.481 e.